The van der Waals surface area contributed by atoms with E-state index < -0.39 is 26.7 Å². The van der Waals surface area contributed by atoms with E-state index in [1.165, 1.54) is 7.11 Å². The van der Waals surface area contributed by atoms with Crippen LogP contribution in [0.3, 0.4) is 0 Å². The minimum Gasteiger partial charge on any atom is -0.383 e. The highest BCUT2D eigenvalue weighted by atomic mass is 35.5. The summed E-state index contributed by atoms with van der Waals surface area (Å²) in [4.78, 5) is -0.899. The Morgan fingerprint density at radius 1 is 1.37 bits per heavy atom. The maximum atomic E-state index is 12.7. The van der Waals surface area contributed by atoms with Crippen molar-refractivity contribution < 1.29 is 26.3 Å². The first kappa shape index (κ1) is 16.2. The van der Waals surface area contributed by atoms with Crippen LogP contribution in [0.5, 0.6) is 0 Å². The molecule has 19 heavy (non-hydrogen) atoms. The fourth-order valence-corrected chi connectivity index (χ4v) is 2.81. The van der Waals surface area contributed by atoms with Crippen LogP contribution in [-0.2, 0) is 20.9 Å². The Balaban J connectivity index is 3.21. The predicted octanol–water partition coefficient (Wildman–Crippen LogP) is 2.28. The lowest BCUT2D eigenvalue weighted by molar-refractivity contribution is -0.139. The van der Waals surface area contributed by atoms with E-state index >= 15 is 0 Å². The van der Waals surface area contributed by atoms with E-state index in [2.05, 4.69) is 4.74 Å². The van der Waals surface area contributed by atoms with Gasteiger partial charge in [0, 0.05) is 18.7 Å². The Hall–Kier alpha value is -0.830. The number of methoxy groups -OCH3 is 1. The monoisotopic (exact) mass is 317 g/mol. The smallest absolute Gasteiger partial charge is 0.383 e. The van der Waals surface area contributed by atoms with Crippen LogP contribution in [0.15, 0.2) is 23.1 Å². The molecule has 0 amide bonds. The molecule has 9 heteroatoms. The summed E-state index contributed by atoms with van der Waals surface area (Å²) < 4.78 is 68.4. The summed E-state index contributed by atoms with van der Waals surface area (Å²) in [5.41, 5.74) is -1.26. The van der Waals surface area contributed by atoms with Crippen molar-refractivity contribution in [2.75, 3.05) is 20.3 Å². The first-order valence-corrected chi connectivity index (χ1v) is 6.90. The first-order chi connectivity index (χ1) is 8.68. The maximum absolute atomic E-state index is 12.7. The summed E-state index contributed by atoms with van der Waals surface area (Å²) in [7, 11) is -2.96. The van der Waals surface area contributed by atoms with Crippen LogP contribution in [0.1, 0.15) is 5.56 Å². The third kappa shape index (κ3) is 4.34. The average molecular weight is 318 g/mol. The third-order valence-electron chi connectivity index (χ3n) is 2.14. The summed E-state index contributed by atoms with van der Waals surface area (Å²) in [6.07, 6.45) is -4.78. The number of hydrogen-bond donors (Lipinski definition) is 1. The van der Waals surface area contributed by atoms with Crippen molar-refractivity contribution in [2.24, 2.45) is 0 Å². The SMILES string of the molecule is COCCNS(=O)(=O)c1cc(Cl)ccc1C(F)(F)F. The molecule has 0 fully saturated rings. The van der Waals surface area contributed by atoms with E-state index in [1.807, 2.05) is 4.72 Å². The van der Waals surface area contributed by atoms with E-state index in [-0.39, 0.29) is 18.2 Å². The minimum atomic E-state index is -4.78. The molecule has 1 N–H and O–H groups in total. The van der Waals surface area contributed by atoms with Crippen molar-refractivity contribution in [3.05, 3.63) is 28.8 Å². The number of halogens is 4. The lowest BCUT2D eigenvalue weighted by atomic mass is 10.2. The van der Waals surface area contributed by atoms with E-state index in [4.69, 9.17) is 11.6 Å². The van der Waals surface area contributed by atoms with Gasteiger partial charge < -0.3 is 4.74 Å². The summed E-state index contributed by atoms with van der Waals surface area (Å²) >= 11 is 5.55. The van der Waals surface area contributed by atoms with Gasteiger partial charge in [-0.2, -0.15) is 13.2 Å². The van der Waals surface area contributed by atoms with Crippen molar-refractivity contribution in [3.8, 4) is 0 Å². The zero-order chi connectivity index (χ0) is 14.7. The fraction of sp³-hybridized carbons (Fsp3) is 0.400. The van der Waals surface area contributed by atoms with Gasteiger partial charge in [0.2, 0.25) is 10.0 Å². The van der Waals surface area contributed by atoms with Gasteiger partial charge in [-0.1, -0.05) is 11.6 Å². The van der Waals surface area contributed by atoms with Crippen LogP contribution in [0, 0.1) is 0 Å². The molecule has 0 aromatic heterocycles. The second-order valence-corrected chi connectivity index (χ2v) is 5.70. The Kier molecular flexibility index (Phi) is 5.19. The number of rotatable bonds is 5. The number of sulfonamides is 1. The van der Waals surface area contributed by atoms with Gasteiger partial charge in [0.15, 0.2) is 0 Å². The number of benzene rings is 1. The van der Waals surface area contributed by atoms with E-state index in [9.17, 15) is 21.6 Å². The van der Waals surface area contributed by atoms with Crippen LogP contribution >= 0.6 is 11.6 Å². The van der Waals surface area contributed by atoms with Crippen molar-refractivity contribution in [3.63, 3.8) is 0 Å². The molecule has 0 saturated carbocycles. The zero-order valence-corrected chi connectivity index (χ0v) is 11.4. The zero-order valence-electron chi connectivity index (χ0n) is 9.79. The van der Waals surface area contributed by atoms with E-state index in [0.717, 1.165) is 12.1 Å². The largest absolute Gasteiger partial charge is 0.417 e. The van der Waals surface area contributed by atoms with Gasteiger partial charge >= 0.3 is 6.18 Å². The topological polar surface area (TPSA) is 55.4 Å². The van der Waals surface area contributed by atoms with Crippen molar-refractivity contribution in [2.45, 2.75) is 11.1 Å². The third-order valence-corrected chi connectivity index (χ3v) is 3.87. The lowest BCUT2D eigenvalue weighted by Gasteiger charge is -2.14. The summed E-state index contributed by atoms with van der Waals surface area (Å²) in [6, 6.07) is 2.38. The molecule has 1 aromatic rings. The average Bonchev–Trinajstić information content (AvgIpc) is 2.27. The highest BCUT2D eigenvalue weighted by Crippen LogP contribution is 2.35. The minimum absolute atomic E-state index is 0.0428. The lowest BCUT2D eigenvalue weighted by Crippen LogP contribution is -2.29. The van der Waals surface area contributed by atoms with Gasteiger partial charge in [0.05, 0.1) is 17.1 Å². The molecule has 0 heterocycles. The fourth-order valence-electron chi connectivity index (χ4n) is 1.31. The molecule has 0 unspecified atom stereocenters. The van der Waals surface area contributed by atoms with Gasteiger partial charge in [-0.3, -0.25) is 0 Å². The van der Waals surface area contributed by atoms with E-state index in [1.54, 1.807) is 0 Å². The standard InChI is InChI=1S/C10H11ClF3NO3S/c1-18-5-4-15-19(16,17)9-6-7(11)2-3-8(9)10(12,13)14/h2-3,6,15H,4-5H2,1H3. The van der Waals surface area contributed by atoms with Crippen LogP contribution in [0.25, 0.3) is 0 Å². The number of ether oxygens (including phenoxy) is 1. The second kappa shape index (κ2) is 6.08. The highest BCUT2D eigenvalue weighted by molar-refractivity contribution is 7.89. The Morgan fingerprint density at radius 2 is 2.00 bits per heavy atom. The summed E-state index contributed by atoms with van der Waals surface area (Å²) in [5, 5.41) is -0.0971. The molecule has 0 radical (unpaired) electrons. The van der Waals surface area contributed by atoms with Gasteiger partial charge in [-0.15, -0.1) is 0 Å². The molecule has 0 aliphatic rings. The Labute approximate surface area is 113 Å². The molecule has 1 rings (SSSR count). The molecule has 0 saturated heterocycles. The molecule has 1 aromatic carbocycles. The van der Waals surface area contributed by atoms with Crippen LogP contribution in [-0.4, -0.2) is 28.7 Å². The van der Waals surface area contributed by atoms with Gasteiger partial charge in [-0.25, -0.2) is 13.1 Å². The Bertz CT molecular complexity index is 545. The van der Waals surface area contributed by atoms with Crippen LogP contribution in [0.2, 0.25) is 5.02 Å². The van der Waals surface area contributed by atoms with Crippen molar-refractivity contribution in [1.29, 1.82) is 0 Å². The molecular weight excluding hydrogens is 307 g/mol. The van der Waals surface area contributed by atoms with Crippen molar-refractivity contribution >= 4 is 21.6 Å². The maximum Gasteiger partial charge on any atom is 0.417 e. The Morgan fingerprint density at radius 3 is 2.53 bits per heavy atom. The number of alkyl halides is 3. The predicted molar refractivity (Wildman–Crippen MR) is 63.5 cm³/mol. The summed E-state index contributed by atoms with van der Waals surface area (Å²) in [6.45, 7) is -0.0935. The van der Waals surface area contributed by atoms with Gasteiger partial charge in [-0.05, 0) is 18.2 Å². The number of nitrogens with one attached hydrogen (secondary N) is 1. The van der Waals surface area contributed by atoms with Gasteiger partial charge in [0.1, 0.15) is 0 Å². The number of hydrogen-bond acceptors (Lipinski definition) is 3. The van der Waals surface area contributed by atoms with Gasteiger partial charge in [0.25, 0.3) is 0 Å². The normalized spacial score (nSPS) is 12.7. The molecule has 0 aliphatic carbocycles. The van der Waals surface area contributed by atoms with Crippen molar-refractivity contribution in [1.82, 2.24) is 4.72 Å². The molecule has 108 valence electrons. The quantitative estimate of drug-likeness (QED) is 0.848. The van der Waals surface area contributed by atoms with Crippen LogP contribution in [0.4, 0.5) is 13.2 Å². The molecule has 0 atom stereocenters. The molecular formula is C10H11ClF3NO3S. The highest BCUT2D eigenvalue weighted by Gasteiger charge is 2.37. The molecule has 0 aliphatic heterocycles. The molecule has 0 spiro atoms. The molecule has 0 bridgehead atoms. The van der Waals surface area contributed by atoms with E-state index in [0.29, 0.717) is 6.07 Å². The van der Waals surface area contributed by atoms with Crippen LogP contribution < -0.4 is 4.72 Å². The molecule has 4 nitrogen and oxygen atoms in total. The first-order valence-electron chi connectivity index (χ1n) is 5.04. The summed E-state index contributed by atoms with van der Waals surface area (Å²) in [5.74, 6) is 0. The second-order valence-electron chi connectivity index (χ2n) is 3.53.